The number of nitrogens with one attached hydrogen (secondary N) is 2. The quantitative estimate of drug-likeness (QED) is 0.759. The lowest BCUT2D eigenvalue weighted by Crippen LogP contribution is -2.19. The number of carboxylic acids is 1. The number of aliphatic imine (C=N–C) groups is 1. The molecule has 2 heterocycles. The van der Waals surface area contributed by atoms with Crippen molar-refractivity contribution in [1.82, 2.24) is 10.3 Å². The molecule has 1 fully saturated rings. The molecule has 1 aliphatic rings. The fourth-order valence-electron chi connectivity index (χ4n) is 1.85. The lowest BCUT2D eigenvalue weighted by Gasteiger charge is -1.97. The number of amidine groups is 1. The van der Waals surface area contributed by atoms with Crippen molar-refractivity contribution in [2.24, 2.45) is 4.99 Å². The molecule has 0 aliphatic carbocycles. The van der Waals surface area contributed by atoms with E-state index in [2.05, 4.69) is 15.3 Å². The third-order valence-corrected chi connectivity index (χ3v) is 3.81. The van der Waals surface area contributed by atoms with Crippen molar-refractivity contribution in [3.05, 3.63) is 58.8 Å². The SMILES string of the molecule is O=C1NC(=Nc2ccc(C(=O)O)cc2)S/C1=C\c1ccc[nH]1. The summed E-state index contributed by atoms with van der Waals surface area (Å²) >= 11 is 1.24. The Bertz CT molecular complexity index is 777. The highest BCUT2D eigenvalue weighted by Gasteiger charge is 2.23. The van der Waals surface area contributed by atoms with Crippen LogP contribution in [-0.4, -0.2) is 27.1 Å². The Kier molecular flexibility index (Phi) is 3.80. The number of thioether (sulfide) groups is 1. The molecule has 0 saturated carbocycles. The summed E-state index contributed by atoms with van der Waals surface area (Å²) in [5.41, 5.74) is 1.61. The second-order valence-electron chi connectivity index (χ2n) is 4.46. The van der Waals surface area contributed by atoms with Crippen LogP contribution in [0, 0.1) is 0 Å². The van der Waals surface area contributed by atoms with E-state index in [0.717, 1.165) is 5.69 Å². The molecule has 3 rings (SSSR count). The van der Waals surface area contributed by atoms with Gasteiger partial charge in [0.1, 0.15) is 0 Å². The number of H-pyrrole nitrogens is 1. The van der Waals surface area contributed by atoms with Gasteiger partial charge in [-0.3, -0.25) is 4.79 Å². The molecule has 0 radical (unpaired) electrons. The standard InChI is InChI=1S/C15H11N3O3S/c19-13-12(8-11-2-1-7-16-11)22-15(18-13)17-10-5-3-9(4-6-10)14(20)21/h1-8,16H,(H,20,21)(H,17,18,19)/b12-8-. The Morgan fingerprint density at radius 3 is 2.64 bits per heavy atom. The lowest BCUT2D eigenvalue weighted by atomic mass is 10.2. The van der Waals surface area contributed by atoms with Crippen LogP contribution in [-0.2, 0) is 4.79 Å². The number of hydrogen-bond acceptors (Lipinski definition) is 4. The second-order valence-corrected chi connectivity index (χ2v) is 5.49. The average Bonchev–Trinajstić information content (AvgIpc) is 3.11. The first kappa shape index (κ1) is 14.2. The molecular weight excluding hydrogens is 302 g/mol. The summed E-state index contributed by atoms with van der Waals surface area (Å²) in [4.78, 5) is 30.5. The number of benzene rings is 1. The Labute approximate surface area is 130 Å². The molecule has 1 aromatic heterocycles. The van der Waals surface area contributed by atoms with Gasteiger partial charge >= 0.3 is 5.97 Å². The van der Waals surface area contributed by atoms with Crippen molar-refractivity contribution in [2.45, 2.75) is 0 Å². The highest BCUT2D eigenvalue weighted by Crippen LogP contribution is 2.27. The third kappa shape index (κ3) is 3.09. The van der Waals surface area contributed by atoms with E-state index >= 15 is 0 Å². The van der Waals surface area contributed by atoms with Crippen LogP contribution in [0.3, 0.4) is 0 Å². The van der Waals surface area contributed by atoms with Gasteiger partial charge in [-0.15, -0.1) is 0 Å². The van der Waals surface area contributed by atoms with Crippen molar-refractivity contribution in [1.29, 1.82) is 0 Å². The Morgan fingerprint density at radius 2 is 2.00 bits per heavy atom. The Balaban J connectivity index is 1.79. The number of aromatic amines is 1. The lowest BCUT2D eigenvalue weighted by molar-refractivity contribution is -0.115. The summed E-state index contributed by atoms with van der Waals surface area (Å²) in [6.07, 6.45) is 3.53. The zero-order chi connectivity index (χ0) is 15.5. The van der Waals surface area contributed by atoms with Gasteiger partial charge in [0.2, 0.25) is 0 Å². The molecule has 0 bridgehead atoms. The summed E-state index contributed by atoms with van der Waals surface area (Å²) in [7, 11) is 0. The van der Waals surface area contributed by atoms with Gasteiger partial charge in [0.05, 0.1) is 16.2 Å². The van der Waals surface area contributed by atoms with Gasteiger partial charge in [-0.05, 0) is 54.2 Å². The number of aromatic nitrogens is 1. The summed E-state index contributed by atoms with van der Waals surface area (Å²) in [6.45, 7) is 0. The molecule has 7 heteroatoms. The molecule has 1 saturated heterocycles. The Morgan fingerprint density at radius 1 is 1.23 bits per heavy atom. The largest absolute Gasteiger partial charge is 0.478 e. The molecule has 0 spiro atoms. The first-order valence-electron chi connectivity index (χ1n) is 6.38. The molecule has 1 amide bonds. The van der Waals surface area contributed by atoms with Crippen molar-refractivity contribution >= 4 is 40.6 Å². The Hall–Kier alpha value is -2.80. The number of nitrogens with zero attached hydrogens (tertiary/aromatic N) is 1. The van der Waals surface area contributed by atoms with E-state index in [-0.39, 0.29) is 11.5 Å². The molecule has 22 heavy (non-hydrogen) atoms. The number of aromatic carboxylic acids is 1. The predicted octanol–water partition coefficient (Wildman–Crippen LogP) is 2.60. The monoisotopic (exact) mass is 313 g/mol. The molecular formula is C15H11N3O3S. The third-order valence-electron chi connectivity index (χ3n) is 2.90. The fraction of sp³-hybridized carbons (Fsp3) is 0. The number of carboxylic acid groups (broad SMARTS) is 1. The van der Waals surface area contributed by atoms with E-state index in [1.54, 1.807) is 24.4 Å². The van der Waals surface area contributed by atoms with Crippen molar-refractivity contribution in [3.63, 3.8) is 0 Å². The van der Waals surface area contributed by atoms with Crippen LogP contribution in [0.4, 0.5) is 5.69 Å². The van der Waals surface area contributed by atoms with Crippen LogP contribution in [0.15, 0.2) is 52.5 Å². The van der Waals surface area contributed by atoms with Gasteiger partial charge in [-0.2, -0.15) is 0 Å². The van der Waals surface area contributed by atoms with Gasteiger partial charge < -0.3 is 15.4 Å². The van der Waals surface area contributed by atoms with E-state index in [9.17, 15) is 9.59 Å². The van der Waals surface area contributed by atoms with Gasteiger partial charge in [0.15, 0.2) is 5.17 Å². The minimum Gasteiger partial charge on any atom is -0.478 e. The van der Waals surface area contributed by atoms with E-state index in [1.165, 1.54) is 23.9 Å². The van der Waals surface area contributed by atoms with Crippen LogP contribution in [0.25, 0.3) is 6.08 Å². The maximum atomic E-state index is 11.9. The minimum absolute atomic E-state index is 0.194. The smallest absolute Gasteiger partial charge is 0.335 e. The van der Waals surface area contributed by atoms with Gasteiger partial charge in [-0.25, -0.2) is 9.79 Å². The molecule has 1 aliphatic heterocycles. The van der Waals surface area contributed by atoms with Crippen LogP contribution < -0.4 is 5.32 Å². The zero-order valence-electron chi connectivity index (χ0n) is 11.2. The number of carbonyl (C=O) groups is 2. The molecule has 110 valence electrons. The number of carbonyl (C=O) groups excluding carboxylic acids is 1. The molecule has 0 unspecified atom stereocenters. The van der Waals surface area contributed by atoms with Gasteiger partial charge in [-0.1, -0.05) is 0 Å². The second kappa shape index (κ2) is 5.90. The van der Waals surface area contributed by atoms with E-state index in [4.69, 9.17) is 5.11 Å². The van der Waals surface area contributed by atoms with Crippen molar-refractivity contribution in [2.75, 3.05) is 0 Å². The highest BCUT2D eigenvalue weighted by atomic mass is 32.2. The first-order valence-corrected chi connectivity index (χ1v) is 7.20. The summed E-state index contributed by atoms with van der Waals surface area (Å²) in [5, 5.41) is 12.0. The number of amides is 1. The summed E-state index contributed by atoms with van der Waals surface area (Å²) in [6, 6.07) is 9.84. The van der Waals surface area contributed by atoms with Crippen LogP contribution in [0.5, 0.6) is 0 Å². The normalized spacial score (nSPS) is 17.9. The fourth-order valence-corrected chi connectivity index (χ4v) is 2.68. The van der Waals surface area contributed by atoms with Gasteiger partial charge in [0.25, 0.3) is 5.91 Å². The molecule has 0 atom stereocenters. The summed E-state index contributed by atoms with van der Waals surface area (Å²) < 4.78 is 0. The number of hydrogen-bond donors (Lipinski definition) is 3. The van der Waals surface area contributed by atoms with Crippen LogP contribution in [0.2, 0.25) is 0 Å². The van der Waals surface area contributed by atoms with Crippen molar-refractivity contribution < 1.29 is 14.7 Å². The van der Waals surface area contributed by atoms with Crippen LogP contribution in [0.1, 0.15) is 16.1 Å². The topological polar surface area (TPSA) is 94.6 Å². The average molecular weight is 313 g/mol. The van der Waals surface area contributed by atoms with E-state index in [0.29, 0.717) is 15.8 Å². The van der Waals surface area contributed by atoms with Gasteiger partial charge in [0, 0.05) is 11.9 Å². The van der Waals surface area contributed by atoms with E-state index < -0.39 is 5.97 Å². The maximum absolute atomic E-state index is 11.9. The molecule has 6 nitrogen and oxygen atoms in total. The molecule has 2 aromatic rings. The van der Waals surface area contributed by atoms with Crippen molar-refractivity contribution in [3.8, 4) is 0 Å². The zero-order valence-corrected chi connectivity index (χ0v) is 12.1. The van der Waals surface area contributed by atoms with E-state index in [1.807, 2.05) is 12.1 Å². The molecule has 1 aromatic carbocycles. The van der Waals surface area contributed by atoms with Crippen LogP contribution >= 0.6 is 11.8 Å². The summed E-state index contributed by atoms with van der Waals surface area (Å²) in [5.74, 6) is -1.19. The maximum Gasteiger partial charge on any atom is 0.335 e. The highest BCUT2D eigenvalue weighted by molar-refractivity contribution is 8.18. The predicted molar refractivity (Wildman–Crippen MR) is 85.0 cm³/mol. The first-order chi connectivity index (χ1) is 10.6. The molecule has 3 N–H and O–H groups in total. The number of rotatable bonds is 3. The minimum atomic E-state index is -0.987.